The summed E-state index contributed by atoms with van der Waals surface area (Å²) >= 11 is 0. The lowest BCUT2D eigenvalue weighted by Gasteiger charge is -2.25. The lowest BCUT2D eigenvalue weighted by Crippen LogP contribution is -2.40. The first-order valence-electron chi connectivity index (χ1n) is 6.28. The summed E-state index contributed by atoms with van der Waals surface area (Å²) in [6, 6.07) is -0.795. The molecule has 110 valence electrons. The average molecular weight is 293 g/mol. The number of carbonyl (C=O) groups is 2. The minimum Gasteiger partial charge on any atom is -0.453 e. The fourth-order valence-corrected chi connectivity index (χ4v) is 3.69. The van der Waals surface area contributed by atoms with Gasteiger partial charge in [-0.3, -0.25) is 14.3 Å². The molecule has 0 N–H and O–H groups in total. The summed E-state index contributed by atoms with van der Waals surface area (Å²) in [5.41, 5.74) is -0.667. The second-order valence-electron chi connectivity index (χ2n) is 3.99. The molecule has 1 aliphatic heterocycles. The van der Waals surface area contributed by atoms with Gasteiger partial charge in [-0.1, -0.05) is 0 Å². The minimum absolute atomic E-state index is 0.105. The van der Waals surface area contributed by atoms with Gasteiger partial charge in [0.05, 0.1) is 20.3 Å². The van der Waals surface area contributed by atoms with E-state index in [0.29, 0.717) is 19.4 Å². The van der Waals surface area contributed by atoms with E-state index in [1.807, 2.05) is 0 Å². The topological polar surface area (TPSA) is 82.1 Å². The first-order chi connectivity index (χ1) is 9.00. The Bertz CT molecular complexity index is 375. The van der Waals surface area contributed by atoms with E-state index in [0.717, 1.165) is 0 Å². The van der Waals surface area contributed by atoms with Gasteiger partial charge in [0.25, 0.3) is 5.52 Å². The fraction of sp³-hybridized carbons (Fsp3) is 0.818. The molecule has 1 rings (SSSR count). The molecule has 8 heteroatoms. The molecule has 0 aromatic heterocycles. The van der Waals surface area contributed by atoms with Crippen LogP contribution in [-0.2, 0) is 23.1 Å². The van der Waals surface area contributed by atoms with Crippen LogP contribution in [0.4, 0.5) is 4.79 Å². The van der Waals surface area contributed by atoms with Gasteiger partial charge in [-0.05, 0) is 26.7 Å². The van der Waals surface area contributed by atoms with Gasteiger partial charge in [-0.2, -0.15) is 0 Å². The van der Waals surface area contributed by atoms with Crippen molar-refractivity contribution in [1.82, 2.24) is 4.90 Å². The van der Waals surface area contributed by atoms with Crippen LogP contribution in [0, 0.1) is 0 Å². The second-order valence-corrected chi connectivity index (χ2v) is 5.94. The predicted octanol–water partition coefficient (Wildman–Crippen LogP) is 2.01. The van der Waals surface area contributed by atoms with Crippen LogP contribution in [0.5, 0.6) is 0 Å². The normalized spacial score (nSPS) is 19.5. The highest BCUT2D eigenvalue weighted by molar-refractivity contribution is 7.72. The molecule has 0 radical (unpaired) electrons. The van der Waals surface area contributed by atoms with Crippen molar-refractivity contribution in [2.45, 2.75) is 32.7 Å². The van der Waals surface area contributed by atoms with Gasteiger partial charge in [0, 0.05) is 6.54 Å². The molecule has 0 aromatic rings. The Morgan fingerprint density at radius 1 is 1.26 bits per heavy atom. The smallest absolute Gasteiger partial charge is 0.410 e. The molecule has 1 heterocycles. The third kappa shape index (κ3) is 3.55. The summed E-state index contributed by atoms with van der Waals surface area (Å²) in [7, 11) is -2.59. The Morgan fingerprint density at radius 3 is 2.32 bits per heavy atom. The highest BCUT2D eigenvalue weighted by Gasteiger charge is 2.45. The molecule has 0 unspecified atom stereocenters. The van der Waals surface area contributed by atoms with E-state index < -0.39 is 25.3 Å². The van der Waals surface area contributed by atoms with Crippen molar-refractivity contribution in [3.63, 3.8) is 0 Å². The van der Waals surface area contributed by atoms with Gasteiger partial charge in [0.15, 0.2) is 0 Å². The standard InChI is InChI=1S/C11H20NO6P/c1-4-17-19(15,18-5-2)10(13)9-7-6-8-12(9)11(14)16-3/h9H,4-8H2,1-3H3/t9-/m0/s1. The number of rotatable bonds is 6. The van der Waals surface area contributed by atoms with E-state index in [4.69, 9.17) is 9.05 Å². The van der Waals surface area contributed by atoms with Crippen LogP contribution in [0.1, 0.15) is 26.7 Å². The zero-order valence-electron chi connectivity index (χ0n) is 11.5. The van der Waals surface area contributed by atoms with Crippen LogP contribution < -0.4 is 0 Å². The summed E-state index contributed by atoms with van der Waals surface area (Å²) in [6.45, 7) is 3.88. The van der Waals surface area contributed by atoms with Gasteiger partial charge < -0.3 is 13.8 Å². The van der Waals surface area contributed by atoms with E-state index in [2.05, 4.69) is 4.74 Å². The Hall–Kier alpha value is -0.910. The van der Waals surface area contributed by atoms with Crippen molar-refractivity contribution in [1.29, 1.82) is 0 Å². The molecule has 1 aliphatic rings. The molecule has 0 bridgehead atoms. The van der Waals surface area contributed by atoms with Crippen LogP contribution in [0.15, 0.2) is 0 Å². The minimum atomic E-state index is -3.84. The van der Waals surface area contributed by atoms with E-state index in [1.165, 1.54) is 12.0 Å². The number of hydrogen-bond donors (Lipinski definition) is 0. The highest BCUT2D eigenvalue weighted by atomic mass is 31.2. The van der Waals surface area contributed by atoms with E-state index in [-0.39, 0.29) is 13.2 Å². The fourth-order valence-electron chi connectivity index (χ4n) is 2.05. The maximum atomic E-state index is 12.4. The number of methoxy groups -OCH3 is 1. The molecule has 0 saturated carbocycles. The number of amides is 1. The second kappa shape index (κ2) is 7.03. The SMILES string of the molecule is CCOP(=O)(OCC)C(=O)[C@@H]1CCCN1C(=O)OC. The highest BCUT2D eigenvalue weighted by Crippen LogP contribution is 2.51. The van der Waals surface area contributed by atoms with Crippen molar-refractivity contribution in [2.24, 2.45) is 0 Å². The predicted molar refractivity (Wildman–Crippen MR) is 68.0 cm³/mol. The number of ether oxygens (including phenoxy) is 1. The summed E-state index contributed by atoms with van der Waals surface area (Å²) in [5, 5.41) is 0. The molecule has 19 heavy (non-hydrogen) atoms. The molecule has 1 atom stereocenters. The first-order valence-corrected chi connectivity index (χ1v) is 7.82. The lowest BCUT2D eigenvalue weighted by molar-refractivity contribution is -0.117. The van der Waals surface area contributed by atoms with Gasteiger partial charge in [0.2, 0.25) is 0 Å². The summed E-state index contributed by atoms with van der Waals surface area (Å²) in [6.07, 6.45) is 0.498. The molecule has 7 nitrogen and oxygen atoms in total. The summed E-state index contributed by atoms with van der Waals surface area (Å²) < 4.78 is 27.0. The van der Waals surface area contributed by atoms with Gasteiger partial charge in [0.1, 0.15) is 6.04 Å². The van der Waals surface area contributed by atoms with Crippen LogP contribution in [0.3, 0.4) is 0 Å². The van der Waals surface area contributed by atoms with Crippen LogP contribution in [0.2, 0.25) is 0 Å². The maximum Gasteiger partial charge on any atom is 0.410 e. The third-order valence-corrected chi connectivity index (χ3v) is 4.85. The molecular formula is C11H20NO6P. The number of carbonyl (C=O) groups excluding carboxylic acids is 2. The monoisotopic (exact) mass is 293 g/mol. The molecule has 0 aliphatic carbocycles. The lowest BCUT2D eigenvalue weighted by atomic mass is 10.2. The van der Waals surface area contributed by atoms with E-state index in [9.17, 15) is 14.2 Å². The molecule has 0 spiro atoms. The number of likely N-dealkylation sites (tertiary alicyclic amines) is 1. The number of hydrogen-bond acceptors (Lipinski definition) is 6. The van der Waals surface area contributed by atoms with Gasteiger partial charge >= 0.3 is 13.7 Å². The van der Waals surface area contributed by atoms with Gasteiger partial charge in [-0.15, -0.1) is 0 Å². The van der Waals surface area contributed by atoms with E-state index >= 15 is 0 Å². The average Bonchev–Trinajstić information content (AvgIpc) is 2.86. The molecule has 0 aromatic carbocycles. The van der Waals surface area contributed by atoms with Crippen molar-refractivity contribution in [3.05, 3.63) is 0 Å². The quantitative estimate of drug-likeness (QED) is 0.697. The largest absolute Gasteiger partial charge is 0.453 e. The van der Waals surface area contributed by atoms with Crippen molar-refractivity contribution in [3.8, 4) is 0 Å². The van der Waals surface area contributed by atoms with Crippen molar-refractivity contribution >= 4 is 19.2 Å². The molecule has 1 saturated heterocycles. The van der Waals surface area contributed by atoms with Crippen molar-refractivity contribution in [2.75, 3.05) is 26.9 Å². The molecule has 1 amide bonds. The van der Waals surface area contributed by atoms with Crippen LogP contribution >= 0.6 is 7.60 Å². The van der Waals surface area contributed by atoms with Gasteiger partial charge in [-0.25, -0.2) is 4.79 Å². The van der Waals surface area contributed by atoms with Crippen molar-refractivity contribution < 1.29 is 27.9 Å². The first kappa shape index (κ1) is 16.1. The Labute approximate surface area is 112 Å². The number of nitrogens with zero attached hydrogens (tertiary/aromatic N) is 1. The molecular weight excluding hydrogens is 273 g/mol. The third-order valence-electron chi connectivity index (χ3n) is 2.82. The summed E-state index contributed by atoms with van der Waals surface area (Å²) in [5.74, 6) is 0. The van der Waals surface area contributed by atoms with E-state index in [1.54, 1.807) is 13.8 Å². The van der Waals surface area contributed by atoms with Crippen LogP contribution in [0.25, 0.3) is 0 Å². The Kier molecular flexibility index (Phi) is 5.97. The van der Waals surface area contributed by atoms with Crippen LogP contribution in [-0.4, -0.2) is 49.4 Å². The Morgan fingerprint density at radius 2 is 1.84 bits per heavy atom. The molecule has 1 fully saturated rings. The maximum absolute atomic E-state index is 12.4. The Balaban J connectivity index is 2.90. The zero-order chi connectivity index (χ0) is 14.5. The zero-order valence-corrected chi connectivity index (χ0v) is 12.4. The summed E-state index contributed by atoms with van der Waals surface area (Å²) in [4.78, 5) is 25.1.